The first kappa shape index (κ1) is 19.7. The molecule has 0 spiro atoms. The van der Waals surface area contributed by atoms with Crippen LogP contribution in [0, 0.1) is 6.92 Å². The molecule has 7 heteroatoms. The number of benzene rings is 1. The van der Waals surface area contributed by atoms with E-state index in [1.54, 1.807) is 12.4 Å². The molecule has 1 aliphatic heterocycles. The largest absolute Gasteiger partial charge is 0.490 e. The fourth-order valence-corrected chi connectivity index (χ4v) is 4.43. The first-order valence-corrected chi connectivity index (χ1v) is 10.9. The number of halogens is 1. The zero-order valence-corrected chi connectivity index (χ0v) is 18.1. The highest BCUT2D eigenvalue weighted by Crippen LogP contribution is 2.32. The van der Waals surface area contributed by atoms with Gasteiger partial charge in [0.15, 0.2) is 0 Å². The molecule has 158 valence electrons. The minimum atomic E-state index is 0.230. The number of piperidine rings is 1. The van der Waals surface area contributed by atoms with Gasteiger partial charge in [-0.1, -0.05) is 11.6 Å². The van der Waals surface area contributed by atoms with E-state index in [-0.39, 0.29) is 6.10 Å². The molecular weight excluding hydrogens is 410 g/mol. The van der Waals surface area contributed by atoms with Crippen molar-refractivity contribution in [1.29, 1.82) is 0 Å². The maximum absolute atomic E-state index is 6.43. The van der Waals surface area contributed by atoms with E-state index in [1.807, 2.05) is 36.7 Å². The summed E-state index contributed by atoms with van der Waals surface area (Å²) in [6.07, 6.45) is 9.47. The first-order valence-electron chi connectivity index (χ1n) is 10.5. The van der Waals surface area contributed by atoms with E-state index >= 15 is 0 Å². The second kappa shape index (κ2) is 8.47. The van der Waals surface area contributed by atoms with E-state index < -0.39 is 0 Å². The number of pyridine rings is 2. The molecular formula is C24H24ClN5O. The van der Waals surface area contributed by atoms with Crippen LogP contribution in [0.4, 0.5) is 17.2 Å². The summed E-state index contributed by atoms with van der Waals surface area (Å²) in [7, 11) is 0. The van der Waals surface area contributed by atoms with Gasteiger partial charge in [0.25, 0.3) is 0 Å². The Morgan fingerprint density at radius 1 is 1.10 bits per heavy atom. The predicted molar refractivity (Wildman–Crippen MR) is 126 cm³/mol. The van der Waals surface area contributed by atoms with Crippen LogP contribution in [0.3, 0.4) is 0 Å². The fraction of sp³-hybridized carbons (Fsp3) is 0.250. The van der Waals surface area contributed by atoms with Crippen molar-refractivity contribution in [1.82, 2.24) is 15.0 Å². The van der Waals surface area contributed by atoms with E-state index in [4.69, 9.17) is 16.3 Å². The van der Waals surface area contributed by atoms with Gasteiger partial charge in [-0.3, -0.25) is 4.98 Å². The number of ether oxygens (including phenoxy) is 1. The lowest BCUT2D eigenvalue weighted by Gasteiger charge is -2.34. The Kier molecular flexibility index (Phi) is 5.38. The first-order chi connectivity index (χ1) is 15.2. The molecule has 1 aromatic carbocycles. The number of anilines is 3. The minimum Gasteiger partial charge on any atom is -0.490 e. The number of hydrogen-bond donors (Lipinski definition) is 2. The van der Waals surface area contributed by atoms with Gasteiger partial charge in [0.05, 0.1) is 5.02 Å². The fourth-order valence-electron chi connectivity index (χ4n) is 4.15. The average Bonchev–Trinajstić information content (AvgIpc) is 3.26. The van der Waals surface area contributed by atoms with Gasteiger partial charge < -0.3 is 19.9 Å². The molecule has 3 aromatic heterocycles. The predicted octanol–water partition coefficient (Wildman–Crippen LogP) is 5.71. The van der Waals surface area contributed by atoms with Gasteiger partial charge in [-0.2, -0.15) is 0 Å². The molecule has 0 unspecified atom stereocenters. The Labute approximate surface area is 186 Å². The van der Waals surface area contributed by atoms with Gasteiger partial charge in [-0.25, -0.2) is 4.98 Å². The van der Waals surface area contributed by atoms with Crippen LogP contribution in [0.15, 0.2) is 61.2 Å². The van der Waals surface area contributed by atoms with Crippen molar-refractivity contribution in [2.75, 3.05) is 23.3 Å². The van der Waals surface area contributed by atoms with Crippen molar-refractivity contribution in [3.05, 3.63) is 71.8 Å². The summed E-state index contributed by atoms with van der Waals surface area (Å²) in [5.41, 5.74) is 4.24. The van der Waals surface area contributed by atoms with Crippen molar-refractivity contribution >= 4 is 39.7 Å². The van der Waals surface area contributed by atoms with Crippen LogP contribution in [0.5, 0.6) is 5.75 Å². The average molecular weight is 434 g/mol. The zero-order chi connectivity index (χ0) is 21.2. The molecule has 0 saturated carbocycles. The zero-order valence-electron chi connectivity index (χ0n) is 17.3. The lowest BCUT2D eigenvalue weighted by Crippen LogP contribution is -2.38. The number of nitrogens with zero attached hydrogens (tertiary/aromatic N) is 3. The van der Waals surface area contributed by atoms with Crippen LogP contribution in [-0.2, 0) is 0 Å². The summed E-state index contributed by atoms with van der Waals surface area (Å²) in [5.74, 6) is 1.73. The number of fused-ring (bicyclic) bond motifs is 1. The highest BCUT2D eigenvalue weighted by molar-refractivity contribution is 6.35. The quantitative estimate of drug-likeness (QED) is 0.422. The lowest BCUT2D eigenvalue weighted by molar-refractivity contribution is 0.171. The van der Waals surface area contributed by atoms with Gasteiger partial charge in [-0.05, 0) is 43.3 Å². The van der Waals surface area contributed by atoms with Crippen molar-refractivity contribution in [3.63, 3.8) is 0 Å². The molecule has 6 nitrogen and oxygen atoms in total. The Morgan fingerprint density at radius 2 is 1.90 bits per heavy atom. The number of aromatic nitrogens is 3. The molecule has 2 N–H and O–H groups in total. The number of H-pyrrole nitrogens is 1. The van der Waals surface area contributed by atoms with E-state index in [0.717, 1.165) is 59.7 Å². The van der Waals surface area contributed by atoms with E-state index in [2.05, 4.69) is 44.2 Å². The normalized spacial score (nSPS) is 14.7. The van der Waals surface area contributed by atoms with Crippen LogP contribution < -0.4 is 15.0 Å². The topological polar surface area (TPSA) is 66.1 Å². The Bertz CT molecular complexity index is 1190. The summed E-state index contributed by atoms with van der Waals surface area (Å²) in [4.78, 5) is 14.3. The highest BCUT2D eigenvalue weighted by atomic mass is 35.5. The van der Waals surface area contributed by atoms with Crippen LogP contribution in [-0.4, -0.2) is 34.1 Å². The molecule has 1 aliphatic rings. The third-order valence-electron chi connectivity index (χ3n) is 5.79. The summed E-state index contributed by atoms with van der Waals surface area (Å²) in [6, 6.07) is 11.9. The highest BCUT2D eigenvalue weighted by Gasteiger charge is 2.22. The molecule has 1 fully saturated rings. The number of nitrogens with one attached hydrogen (secondary N) is 2. The van der Waals surface area contributed by atoms with E-state index in [1.165, 1.54) is 5.69 Å². The Morgan fingerprint density at radius 3 is 2.71 bits per heavy atom. The molecule has 31 heavy (non-hydrogen) atoms. The van der Waals surface area contributed by atoms with Crippen LogP contribution >= 0.6 is 11.6 Å². The smallest absolute Gasteiger partial charge is 0.135 e. The molecule has 0 bridgehead atoms. The van der Waals surface area contributed by atoms with E-state index in [0.29, 0.717) is 5.02 Å². The van der Waals surface area contributed by atoms with Gasteiger partial charge in [0.1, 0.15) is 17.7 Å². The van der Waals surface area contributed by atoms with Crippen molar-refractivity contribution in [2.45, 2.75) is 25.9 Å². The van der Waals surface area contributed by atoms with Crippen molar-refractivity contribution in [2.24, 2.45) is 0 Å². The molecule has 0 atom stereocenters. The summed E-state index contributed by atoms with van der Waals surface area (Å²) >= 11 is 6.43. The van der Waals surface area contributed by atoms with Gasteiger partial charge in [0.2, 0.25) is 0 Å². The molecule has 1 saturated heterocycles. The molecule has 4 aromatic rings. The number of aromatic amines is 1. The standard InChI is InChI=1S/C24H24ClN5O/c1-16-23(30-12-6-19(7-13-30)31-18-2-8-26-9-3-18)5-11-28-24(16)29-17-14-21(25)20-4-10-27-22(20)15-17/h2-5,8-11,14-15,19,27H,6-7,12-13H2,1H3,(H,28,29). The summed E-state index contributed by atoms with van der Waals surface area (Å²) in [6.45, 7) is 4.00. The second-order valence-corrected chi connectivity index (χ2v) is 8.22. The number of rotatable bonds is 5. The summed E-state index contributed by atoms with van der Waals surface area (Å²) < 4.78 is 6.11. The SMILES string of the molecule is Cc1c(N2CCC(Oc3ccncc3)CC2)ccnc1Nc1cc(Cl)c2cc[nH]c2c1. The van der Waals surface area contributed by atoms with Gasteiger partial charge in [-0.15, -0.1) is 0 Å². The van der Waals surface area contributed by atoms with Gasteiger partial charge in [0, 0.05) is 78.6 Å². The summed E-state index contributed by atoms with van der Waals surface area (Å²) in [5, 5.41) is 5.17. The molecule has 0 radical (unpaired) electrons. The molecule has 0 amide bonds. The maximum atomic E-state index is 6.43. The third kappa shape index (κ3) is 4.16. The third-order valence-corrected chi connectivity index (χ3v) is 6.10. The van der Waals surface area contributed by atoms with Crippen LogP contribution in [0.25, 0.3) is 10.9 Å². The van der Waals surface area contributed by atoms with E-state index in [9.17, 15) is 0 Å². The Balaban J connectivity index is 1.29. The lowest BCUT2D eigenvalue weighted by atomic mass is 10.1. The monoisotopic (exact) mass is 433 g/mol. The molecule has 4 heterocycles. The second-order valence-electron chi connectivity index (χ2n) is 7.81. The van der Waals surface area contributed by atoms with Crippen LogP contribution in [0.1, 0.15) is 18.4 Å². The van der Waals surface area contributed by atoms with Gasteiger partial charge >= 0.3 is 0 Å². The number of hydrogen-bond acceptors (Lipinski definition) is 5. The molecule has 5 rings (SSSR count). The minimum absolute atomic E-state index is 0.230. The van der Waals surface area contributed by atoms with Crippen molar-refractivity contribution in [3.8, 4) is 5.75 Å². The molecule has 0 aliphatic carbocycles. The maximum Gasteiger partial charge on any atom is 0.135 e. The Hall–Kier alpha value is -3.25. The van der Waals surface area contributed by atoms with Crippen LogP contribution in [0.2, 0.25) is 5.02 Å². The van der Waals surface area contributed by atoms with Crippen molar-refractivity contribution < 1.29 is 4.74 Å².